The average Bonchev–Trinajstić information content (AvgIpc) is 2.89. The van der Waals surface area contributed by atoms with Crippen molar-refractivity contribution in [2.24, 2.45) is 5.10 Å². The molecule has 3 rings (SSSR count). The molecule has 0 saturated carbocycles. The summed E-state index contributed by atoms with van der Waals surface area (Å²) in [6.45, 7) is 1.52. The minimum absolute atomic E-state index is 0.0132. The van der Waals surface area contributed by atoms with Crippen molar-refractivity contribution in [3.05, 3.63) is 81.8 Å². The summed E-state index contributed by atoms with van der Waals surface area (Å²) in [5, 5.41) is 3.99. The van der Waals surface area contributed by atoms with Gasteiger partial charge in [-0.25, -0.2) is 13.8 Å². The molecule has 0 fully saturated rings. The lowest BCUT2D eigenvalue weighted by atomic mass is 10.1. The number of hydrogen-bond acceptors (Lipinski definition) is 7. The molecule has 0 aliphatic rings. The molecule has 0 spiro atoms. The van der Waals surface area contributed by atoms with Gasteiger partial charge in [-0.05, 0) is 48.9 Å². The molecular weight excluding hydrogens is 562 g/mol. The highest BCUT2D eigenvalue weighted by atomic mass is 79.9. The molecule has 3 aromatic rings. The van der Waals surface area contributed by atoms with E-state index < -0.39 is 22.5 Å². The van der Waals surface area contributed by atoms with Crippen LogP contribution in [-0.2, 0) is 21.4 Å². The van der Waals surface area contributed by atoms with Crippen molar-refractivity contribution in [1.29, 1.82) is 0 Å². The Balaban J connectivity index is 1.82. The van der Waals surface area contributed by atoms with Gasteiger partial charge in [-0.15, -0.1) is 0 Å². The molecule has 11 heteroatoms. The second-order valence-electron chi connectivity index (χ2n) is 7.93. The molecule has 37 heavy (non-hydrogen) atoms. The lowest BCUT2D eigenvalue weighted by molar-refractivity contribution is -0.121. The number of benzene rings is 3. The summed E-state index contributed by atoms with van der Waals surface area (Å²) < 4.78 is 44.7. The maximum atomic E-state index is 13.4. The standard InChI is InChI=1S/C26H28BrN3O6S/c1-18-5-7-19(8-6-18)16-30(37(32,33)22-12-10-21(27)11-13-22)17-24(31)29-28-15-20-9-14-23(34-2)26(36-4)25(20)35-3/h5-15H,16-17H2,1-4H3,(H,29,31)/b28-15-. The van der Waals surface area contributed by atoms with E-state index in [4.69, 9.17) is 14.2 Å². The normalized spacial score (nSPS) is 11.5. The minimum Gasteiger partial charge on any atom is -0.493 e. The number of hydrazone groups is 1. The summed E-state index contributed by atoms with van der Waals surface area (Å²) >= 11 is 3.31. The largest absolute Gasteiger partial charge is 0.493 e. The molecule has 1 amide bonds. The Morgan fingerprint density at radius 1 is 0.946 bits per heavy atom. The number of carbonyl (C=O) groups excluding carboxylic acids is 1. The molecule has 0 radical (unpaired) electrons. The van der Waals surface area contributed by atoms with Crippen LogP contribution in [0, 0.1) is 6.92 Å². The first kappa shape index (κ1) is 28.2. The van der Waals surface area contributed by atoms with Crippen LogP contribution < -0.4 is 19.6 Å². The van der Waals surface area contributed by atoms with E-state index in [0.717, 1.165) is 19.9 Å². The molecular formula is C26H28BrN3O6S. The van der Waals surface area contributed by atoms with Gasteiger partial charge in [-0.3, -0.25) is 4.79 Å². The van der Waals surface area contributed by atoms with Gasteiger partial charge in [0, 0.05) is 16.6 Å². The van der Waals surface area contributed by atoms with Crippen LogP contribution in [0.2, 0.25) is 0 Å². The molecule has 3 aromatic carbocycles. The lowest BCUT2D eigenvalue weighted by Gasteiger charge is -2.21. The third-order valence-electron chi connectivity index (χ3n) is 5.38. The highest BCUT2D eigenvalue weighted by molar-refractivity contribution is 9.10. The molecule has 0 aliphatic heterocycles. The van der Waals surface area contributed by atoms with Crippen LogP contribution in [0.25, 0.3) is 0 Å². The monoisotopic (exact) mass is 589 g/mol. The van der Waals surface area contributed by atoms with Crippen molar-refractivity contribution < 1.29 is 27.4 Å². The smallest absolute Gasteiger partial charge is 0.255 e. The van der Waals surface area contributed by atoms with Crippen LogP contribution >= 0.6 is 15.9 Å². The molecule has 0 unspecified atom stereocenters. The Morgan fingerprint density at radius 3 is 2.19 bits per heavy atom. The Hall–Kier alpha value is -3.41. The van der Waals surface area contributed by atoms with E-state index in [0.29, 0.717) is 22.8 Å². The predicted octanol–water partition coefficient (Wildman–Crippen LogP) is 4.12. The van der Waals surface area contributed by atoms with E-state index in [2.05, 4.69) is 26.5 Å². The van der Waals surface area contributed by atoms with Crippen molar-refractivity contribution in [2.75, 3.05) is 27.9 Å². The summed E-state index contributed by atoms with van der Waals surface area (Å²) in [7, 11) is 0.493. The second kappa shape index (κ2) is 12.7. The van der Waals surface area contributed by atoms with Gasteiger partial charge in [0.2, 0.25) is 15.8 Å². The Kier molecular flexibility index (Phi) is 9.67. The highest BCUT2D eigenvalue weighted by Gasteiger charge is 2.27. The number of halogens is 1. The molecule has 0 heterocycles. The van der Waals surface area contributed by atoms with Crippen molar-refractivity contribution in [1.82, 2.24) is 9.73 Å². The van der Waals surface area contributed by atoms with E-state index in [-0.39, 0.29) is 11.4 Å². The quantitative estimate of drug-likeness (QED) is 0.266. The predicted molar refractivity (Wildman–Crippen MR) is 145 cm³/mol. The zero-order chi connectivity index (χ0) is 27.0. The van der Waals surface area contributed by atoms with Crippen LogP contribution in [-0.4, -0.2) is 52.7 Å². The number of aryl methyl sites for hydroxylation is 1. The van der Waals surface area contributed by atoms with E-state index >= 15 is 0 Å². The molecule has 0 aromatic heterocycles. The number of rotatable bonds is 11. The average molecular weight is 590 g/mol. The van der Waals surface area contributed by atoms with E-state index in [1.165, 1.54) is 39.7 Å². The summed E-state index contributed by atoms with van der Waals surface area (Å²) in [4.78, 5) is 12.9. The molecule has 0 saturated heterocycles. The zero-order valence-electron chi connectivity index (χ0n) is 20.9. The van der Waals surface area contributed by atoms with Gasteiger partial charge >= 0.3 is 0 Å². The van der Waals surface area contributed by atoms with Crippen molar-refractivity contribution in [3.63, 3.8) is 0 Å². The van der Waals surface area contributed by atoms with E-state index in [9.17, 15) is 13.2 Å². The fraction of sp³-hybridized carbons (Fsp3) is 0.231. The van der Waals surface area contributed by atoms with Gasteiger partial charge in [-0.2, -0.15) is 9.41 Å². The van der Waals surface area contributed by atoms with Crippen molar-refractivity contribution in [3.8, 4) is 17.2 Å². The first-order valence-electron chi connectivity index (χ1n) is 11.1. The molecule has 9 nitrogen and oxygen atoms in total. The van der Waals surface area contributed by atoms with Crippen molar-refractivity contribution in [2.45, 2.75) is 18.4 Å². The number of nitrogens with zero attached hydrogens (tertiary/aromatic N) is 2. The molecule has 0 aliphatic carbocycles. The van der Waals surface area contributed by atoms with Crippen LogP contribution in [0.15, 0.2) is 75.1 Å². The van der Waals surface area contributed by atoms with Gasteiger partial charge < -0.3 is 14.2 Å². The Labute approximate surface area is 225 Å². The van der Waals surface area contributed by atoms with Gasteiger partial charge in [0.25, 0.3) is 5.91 Å². The SMILES string of the molecule is COc1ccc(/C=N\NC(=O)CN(Cc2ccc(C)cc2)S(=O)(=O)c2ccc(Br)cc2)c(OC)c1OC. The van der Waals surface area contributed by atoms with Crippen molar-refractivity contribution >= 4 is 38.1 Å². The zero-order valence-corrected chi connectivity index (χ0v) is 23.3. The van der Waals surface area contributed by atoms with E-state index in [1.807, 2.05) is 31.2 Å². The fourth-order valence-electron chi connectivity index (χ4n) is 3.47. The van der Waals surface area contributed by atoms with Crippen LogP contribution in [0.5, 0.6) is 17.2 Å². The number of amides is 1. The molecule has 0 atom stereocenters. The van der Waals surface area contributed by atoms with Crippen LogP contribution in [0.1, 0.15) is 16.7 Å². The minimum atomic E-state index is -3.98. The van der Waals surface area contributed by atoms with E-state index in [1.54, 1.807) is 24.3 Å². The maximum absolute atomic E-state index is 13.4. The second-order valence-corrected chi connectivity index (χ2v) is 10.8. The highest BCUT2D eigenvalue weighted by Crippen LogP contribution is 2.39. The third kappa shape index (κ3) is 7.09. The summed E-state index contributed by atoms with van der Waals surface area (Å²) in [6.07, 6.45) is 1.38. The Bertz CT molecular complexity index is 1360. The van der Waals surface area contributed by atoms with Gasteiger partial charge in [0.05, 0.1) is 39.0 Å². The summed E-state index contributed by atoms with van der Waals surface area (Å²) in [6, 6.07) is 17.1. The number of sulfonamides is 1. The first-order valence-corrected chi connectivity index (χ1v) is 13.3. The maximum Gasteiger partial charge on any atom is 0.255 e. The Morgan fingerprint density at radius 2 is 1.59 bits per heavy atom. The van der Waals surface area contributed by atoms with Gasteiger partial charge in [-0.1, -0.05) is 45.8 Å². The number of nitrogens with one attached hydrogen (secondary N) is 1. The fourth-order valence-corrected chi connectivity index (χ4v) is 5.12. The van der Waals surface area contributed by atoms with Gasteiger partial charge in [0.15, 0.2) is 11.5 Å². The topological polar surface area (TPSA) is 107 Å². The molecule has 1 N–H and O–H groups in total. The number of ether oxygens (including phenoxy) is 3. The molecule has 0 bridgehead atoms. The van der Waals surface area contributed by atoms with Crippen LogP contribution in [0.4, 0.5) is 0 Å². The summed E-state index contributed by atoms with van der Waals surface area (Å²) in [5.41, 5.74) is 4.72. The van der Waals surface area contributed by atoms with Crippen LogP contribution in [0.3, 0.4) is 0 Å². The number of hydrogen-bond donors (Lipinski definition) is 1. The first-order chi connectivity index (χ1) is 17.7. The van der Waals surface area contributed by atoms with Gasteiger partial charge in [0.1, 0.15) is 0 Å². The number of carbonyl (C=O) groups is 1. The molecule has 196 valence electrons. The summed E-state index contributed by atoms with van der Waals surface area (Å²) in [5.74, 6) is 0.623. The third-order valence-corrected chi connectivity index (χ3v) is 7.71. The lowest BCUT2D eigenvalue weighted by Crippen LogP contribution is -2.39. The number of methoxy groups -OCH3 is 3.